The Kier molecular flexibility index (Phi) is 31.0. The van der Waals surface area contributed by atoms with E-state index in [4.69, 9.17) is 26.0 Å². The first-order valence-electron chi connectivity index (χ1n) is 30.1. The molecule has 8 rings (SSSR count). The molecular formula is C62H72N11O24PS5Tc. The monoisotopic (exact) mass is 1640 g/mol. The molecule has 0 aliphatic heterocycles. The Bertz CT molecular complexity index is 4820. The number of carbonyl (C=O) groups is 4. The van der Waals surface area contributed by atoms with E-state index in [1.807, 2.05) is 0 Å². The van der Waals surface area contributed by atoms with Gasteiger partial charge in [0, 0.05) is 76.0 Å². The molecule has 0 aliphatic carbocycles. The number of aromatic nitrogens is 4. The molecule has 0 fully saturated rings. The van der Waals surface area contributed by atoms with Crippen LogP contribution in [-0.4, -0.2) is 185 Å². The van der Waals surface area contributed by atoms with Crippen molar-refractivity contribution in [2.75, 3.05) is 44.0 Å². The van der Waals surface area contributed by atoms with Crippen molar-refractivity contribution in [3.05, 3.63) is 184 Å². The second-order valence-electron chi connectivity index (χ2n) is 22.8. The van der Waals surface area contributed by atoms with Gasteiger partial charge in [0.2, 0.25) is 15.5 Å². The minimum atomic E-state index is -4.52. The number of nitrogens with zero attached hydrogens (tertiary/aromatic N) is 4. The number of pyridine rings is 2. The van der Waals surface area contributed by atoms with Gasteiger partial charge in [-0.1, -0.05) is 60.2 Å². The Morgan fingerprint density at radius 1 is 0.692 bits per heavy atom. The molecule has 0 aliphatic rings. The Morgan fingerprint density at radius 3 is 1.65 bits per heavy atom. The van der Waals surface area contributed by atoms with Crippen molar-refractivity contribution in [3.63, 3.8) is 0 Å². The van der Waals surface area contributed by atoms with E-state index in [2.05, 4.69) is 46.1 Å². The number of unbranched alkanes of at least 4 members (excludes halogenated alkanes) is 1. The van der Waals surface area contributed by atoms with Crippen molar-refractivity contribution >= 4 is 121 Å². The molecule has 2 amide bonds. The van der Waals surface area contributed by atoms with Crippen molar-refractivity contribution in [1.82, 2.24) is 40.2 Å². The van der Waals surface area contributed by atoms with E-state index in [1.54, 1.807) is 68.1 Å². The largest absolute Gasteiger partial charge is 0.480 e. The molecule has 16 N–H and O–H groups in total. The Morgan fingerprint density at radius 2 is 1.22 bits per heavy atom. The molecule has 8 aromatic rings. The number of hydrogen-bond donors (Lipinski definition) is 16. The van der Waals surface area contributed by atoms with Gasteiger partial charge in [0.05, 0.1) is 68.3 Å². The summed E-state index contributed by atoms with van der Waals surface area (Å²) in [6, 6.07) is 24.2. The summed E-state index contributed by atoms with van der Waals surface area (Å²) in [5.41, 5.74) is 7.60. The summed E-state index contributed by atoms with van der Waals surface area (Å²) < 4.78 is 159. The second-order valence-corrected chi connectivity index (χ2v) is 32.5. The maximum atomic E-state index is 13.8. The van der Waals surface area contributed by atoms with E-state index in [1.165, 1.54) is 97.3 Å². The van der Waals surface area contributed by atoms with Gasteiger partial charge in [0.15, 0.2) is 11.8 Å². The van der Waals surface area contributed by atoms with Crippen LogP contribution < -0.4 is 47.3 Å². The summed E-state index contributed by atoms with van der Waals surface area (Å²) in [6.07, 6.45) is 6.41. The standard InChI is InChI=1S/C38H44N10O10S2.C18H15O9PS3.C6H13NO5.Tc/c1-22-14-23(2)34(24(3)15-22)60(57,58)47-30(37(52)53)19-43-36(51)29-20-48(31-16-25(7-9-28(31)33(29)49)17-44-38-40-11-12-41-38)13-5-4-6-27(21-59(54,55)56)45-35(50)26-8-10-32(46-39)42-18-26;19-29(20,21)16-7-1-13(2-8-16)28(14-3-9-17(10-4-14)30(22,23)24)15-5-11-18(12-6-15)31(25,26)27;8-2-6(3-9,4-10)7-1-5(11)12;/h7-12,14-16,18,20,27,30,39,47H,4-6,13,17,19,21H2,1-3H3,(H,43,51)(H,45,50)(H,52,53)(H2,40,41,44)(H,54,55,56);1-12H,(H,19,20,21)(H,22,23,24)(H,25,26,27);7-10H,1-4H2,(H,11,12);/i;;;1+1. The van der Waals surface area contributed by atoms with Crippen molar-refractivity contribution in [3.8, 4) is 0 Å². The summed E-state index contributed by atoms with van der Waals surface area (Å²) in [5.74, 6) is -4.50. The molecule has 561 valence electrons. The Labute approximate surface area is 610 Å². The number of aliphatic carboxylic acids is 2. The first kappa shape index (κ1) is 86.1. The minimum absolute atomic E-state index is 0. The van der Waals surface area contributed by atoms with E-state index in [9.17, 15) is 89.4 Å². The number of nitrogens with one attached hydrogen (secondary N) is 7. The fourth-order valence-corrected chi connectivity index (χ4v) is 16.1. The molecule has 0 bridgehead atoms. The number of carboxylic acid groups (broad SMARTS) is 2. The number of anilines is 1. The third-order valence-electron chi connectivity index (χ3n) is 15.1. The molecule has 3 aromatic heterocycles. The second kappa shape index (κ2) is 37.4. The molecule has 0 saturated heterocycles. The van der Waals surface area contributed by atoms with E-state index in [0.29, 0.717) is 57.9 Å². The third-order valence-corrected chi connectivity index (χ3v) is 22.7. The van der Waals surface area contributed by atoms with Crippen molar-refractivity contribution in [2.45, 2.75) is 90.3 Å². The van der Waals surface area contributed by atoms with Crippen LogP contribution in [-0.2, 0) is 93.3 Å². The summed E-state index contributed by atoms with van der Waals surface area (Å²) in [4.78, 5) is 72.5. The van der Waals surface area contributed by atoms with Crippen LogP contribution >= 0.6 is 7.92 Å². The number of fused-ring (bicyclic) bond motifs is 1. The number of hydrogen-bond acceptors (Lipinski definition) is 24. The van der Waals surface area contributed by atoms with Gasteiger partial charge in [-0.05, 0) is 141 Å². The van der Waals surface area contributed by atoms with E-state index < -0.39 is 144 Å². The van der Waals surface area contributed by atoms with Gasteiger partial charge in [0.25, 0.3) is 52.3 Å². The first-order chi connectivity index (χ1) is 48.2. The zero-order valence-corrected chi connectivity index (χ0v) is 61.9. The average Bonchev–Trinajstić information content (AvgIpc) is 0.818. The van der Waals surface area contributed by atoms with Crippen LogP contribution in [0.1, 0.15) is 62.2 Å². The minimum Gasteiger partial charge on any atom is -0.480 e. The van der Waals surface area contributed by atoms with Crippen molar-refractivity contribution < 1.29 is 125 Å². The van der Waals surface area contributed by atoms with Gasteiger partial charge in [-0.2, -0.15) is 38.4 Å². The van der Waals surface area contributed by atoms with Crippen LogP contribution in [0.3, 0.4) is 0 Å². The smallest absolute Gasteiger partial charge is 0.323 e. The summed E-state index contributed by atoms with van der Waals surface area (Å²) >= 11 is 0. The molecule has 42 heteroatoms. The molecule has 0 spiro atoms. The number of amides is 2. The van der Waals surface area contributed by atoms with Crippen LogP contribution in [0.5, 0.6) is 0 Å². The van der Waals surface area contributed by atoms with Crippen molar-refractivity contribution in [2.24, 2.45) is 5.11 Å². The number of carbonyl (C=O) groups excluding carboxylic acids is 2. The quantitative estimate of drug-likeness (QED) is 0.0124. The van der Waals surface area contributed by atoms with Gasteiger partial charge in [0.1, 0.15) is 11.6 Å². The molecule has 35 nitrogen and oxygen atoms in total. The van der Waals surface area contributed by atoms with Crippen LogP contribution in [0, 0.1) is 26.3 Å². The number of H-pyrrole nitrogens is 1. The zero-order chi connectivity index (χ0) is 76.4. The van der Waals surface area contributed by atoms with Gasteiger partial charge >= 0.3 is 11.9 Å². The molecular weight excluding hydrogens is 1570 g/mol. The third kappa shape index (κ3) is 24.8. The fourth-order valence-electron chi connectivity index (χ4n) is 10.1. The maximum absolute atomic E-state index is 13.8. The van der Waals surface area contributed by atoms with Gasteiger partial charge in [-0.25, -0.2) is 23.9 Å². The van der Waals surface area contributed by atoms with Gasteiger partial charge in [-0.15, -0.1) is 5.11 Å². The molecule has 2 atom stereocenters. The Hall–Kier alpha value is -8.58. The fraction of sp³-hybridized carbons (Fsp3) is 0.274. The van der Waals surface area contributed by atoms with E-state index in [-0.39, 0.29) is 75.0 Å². The molecule has 2 unspecified atom stereocenters. The number of sulfonamides is 1. The van der Waals surface area contributed by atoms with Crippen LogP contribution in [0.2, 0.25) is 0 Å². The molecule has 104 heavy (non-hydrogen) atoms. The molecule has 5 aromatic carbocycles. The Balaban J connectivity index is 0.000000365. The van der Waals surface area contributed by atoms with Crippen LogP contribution in [0.15, 0.2) is 170 Å². The first-order valence-corrected chi connectivity index (χ1v) is 38.9. The SMILES string of the molecule is Cc1cc(C)c(S(=O)(=O)NC(CNC(=O)c2cn(CCCCC(CS(=O)(=O)O)NC(=O)c3ccc(N=N)nc3)c3cc(CNc4ncc[nH]4)ccc3c2=O)C(=O)O)c(C)c1.O=C(O)CNC(CO)(CO)CO.O=S(=O)(O)c1ccc(P(c2ccc(S(=O)(=O)O)cc2)c2ccc(S(=O)(=O)O)cc2)cc1.[99Tc]. The van der Waals surface area contributed by atoms with Crippen molar-refractivity contribution in [1.29, 1.82) is 5.53 Å². The predicted molar refractivity (Wildman–Crippen MR) is 374 cm³/mol. The van der Waals surface area contributed by atoms with Gasteiger partial charge < -0.3 is 51.0 Å². The number of imidazole rings is 1. The number of aliphatic hydroxyl groups excluding tert-OH is 3. The number of aromatic amines is 1. The number of rotatable bonds is 32. The topological polar surface area (TPSA) is 581 Å². The van der Waals surface area contributed by atoms with Crippen LogP contribution in [0.25, 0.3) is 10.9 Å². The zero-order valence-electron chi connectivity index (χ0n) is 55.0. The summed E-state index contributed by atoms with van der Waals surface area (Å²) in [7, 11) is -23.5. The molecule has 0 saturated carbocycles. The predicted octanol–water partition coefficient (Wildman–Crippen LogP) is 1.90. The maximum Gasteiger partial charge on any atom is 0.323 e. The normalized spacial score (nSPS) is 12.5. The summed E-state index contributed by atoms with van der Waals surface area (Å²) in [6.45, 7) is 2.77. The number of aliphatic hydroxyl groups is 3. The number of aryl methyl sites for hydroxylation is 4. The van der Waals surface area contributed by atoms with E-state index >= 15 is 0 Å². The molecule has 1 radical (unpaired) electrons. The number of benzene rings is 5. The van der Waals surface area contributed by atoms with E-state index in [0.717, 1.165) is 11.1 Å². The average molecular weight is 1650 g/mol. The van der Waals surface area contributed by atoms with Gasteiger partial charge in [-0.3, -0.25) is 47.5 Å². The summed E-state index contributed by atoms with van der Waals surface area (Å²) in [5, 5.41) is 59.9. The molecule has 3 heterocycles. The van der Waals surface area contributed by atoms with Crippen LogP contribution in [0.4, 0.5) is 11.8 Å². The number of carboxylic acids is 2.